The van der Waals surface area contributed by atoms with Gasteiger partial charge in [0.25, 0.3) is 11.1 Å². The van der Waals surface area contributed by atoms with Crippen LogP contribution in [0, 0.1) is 0 Å². The third-order valence-corrected chi connectivity index (χ3v) is 7.58. The second-order valence-corrected chi connectivity index (χ2v) is 10.4. The van der Waals surface area contributed by atoms with Crippen LogP contribution in [0.4, 0.5) is 4.79 Å². The lowest BCUT2D eigenvalue weighted by Crippen LogP contribution is -2.40. The van der Waals surface area contributed by atoms with Gasteiger partial charge in [0.1, 0.15) is 18.9 Å². The number of amides is 3. The maximum Gasteiger partial charge on any atom is 0.294 e. The number of nitrogens with zero attached hydrogens (tertiary/aromatic N) is 2. The molecule has 0 unspecified atom stereocenters. The van der Waals surface area contributed by atoms with Gasteiger partial charge in [-0.05, 0) is 65.2 Å². The molecule has 2 aliphatic rings. The van der Waals surface area contributed by atoms with Gasteiger partial charge in [-0.2, -0.15) is 0 Å². The number of benzene rings is 3. The summed E-state index contributed by atoms with van der Waals surface area (Å²) >= 11 is 4.30. The molecule has 0 aliphatic carbocycles. The highest BCUT2D eigenvalue weighted by molar-refractivity contribution is 9.10. The average molecular weight is 551 g/mol. The van der Waals surface area contributed by atoms with Crippen LogP contribution < -0.4 is 4.74 Å². The van der Waals surface area contributed by atoms with Gasteiger partial charge in [-0.15, -0.1) is 0 Å². The molecule has 0 radical (unpaired) electrons. The number of hydrogen-bond donors (Lipinski definition) is 0. The Kier molecular flexibility index (Phi) is 6.92. The Balaban J connectivity index is 1.43. The third kappa shape index (κ3) is 5.13. The topological polar surface area (TPSA) is 66.9 Å². The first-order valence-corrected chi connectivity index (χ1v) is 13.0. The molecule has 2 heterocycles. The van der Waals surface area contributed by atoms with Crippen molar-refractivity contribution in [2.45, 2.75) is 19.4 Å². The monoisotopic (exact) mass is 550 g/mol. The number of fused-ring (bicyclic) bond motifs is 1. The quantitative estimate of drug-likeness (QED) is 0.360. The standard InChI is InChI=1S/C27H23BrN2O4S/c28-20-10-7-18(8-11-20)17-34-23-12-9-19-5-1-2-6-21(19)22(23)15-24-26(32)30(27(33)35-24)16-25(31)29-13-3-4-14-29/h1-2,5-12,15H,3-4,13-14,16-17H2/b24-15+. The maximum absolute atomic E-state index is 13.1. The summed E-state index contributed by atoms with van der Waals surface area (Å²) in [7, 11) is 0. The molecular formula is C27H23BrN2O4S. The molecule has 5 rings (SSSR count). The molecule has 8 heteroatoms. The van der Waals surface area contributed by atoms with Gasteiger partial charge in [0.05, 0.1) is 4.91 Å². The summed E-state index contributed by atoms with van der Waals surface area (Å²) in [6.07, 6.45) is 3.62. The lowest BCUT2D eigenvalue weighted by Gasteiger charge is -2.18. The predicted octanol–water partition coefficient (Wildman–Crippen LogP) is 5.84. The fraction of sp³-hybridized carbons (Fsp3) is 0.222. The molecule has 178 valence electrons. The van der Waals surface area contributed by atoms with Gasteiger partial charge < -0.3 is 9.64 Å². The van der Waals surface area contributed by atoms with E-state index >= 15 is 0 Å². The number of halogens is 1. The highest BCUT2D eigenvalue weighted by Gasteiger charge is 2.37. The van der Waals surface area contributed by atoms with Crippen molar-refractivity contribution in [3.8, 4) is 5.75 Å². The highest BCUT2D eigenvalue weighted by atomic mass is 79.9. The highest BCUT2D eigenvalue weighted by Crippen LogP contribution is 2.37. The van der Waals surface area contributed by atoms with Crippen LogP contribution >= 0.6 is 27.7 Å². The van der Waals surface area contributed by atoms with Crippen molar-refractivity contribution in [2.75, 3.05) is 19.6 Å². The molecule has 0 saturated carbocycles. The van der Waals surface area contributed by atoms with Crippen LogP contribution in [0.5, 0.6) is 5.75 Å². The van der Waals surface area contributed by atoms with Crippen molar-refractivity contribution < 1.29 is 19.1 Å². The second kappa shape index (κ2) is 10.3. The van der Waals surface area contributed by atoms with E-state index in [1.165, 1.54) is 0 Å². The molecule has 3 aromatic carbocycles. The fourth-order valence-electron chi connectivity index (χ4n) is 4.26. The molecule has 2 saturated heterocycles. The first-order chi connectivity index (χ1) is 17.0. The van der Waals surface area contributed by atoms with Crippen molar-refractivity contribution in [3.05, 3.63) is 81.2 Å². The fourth-order valence-corrected chi connectivity index (χ4v) is 5.35. The van der Waals surface area contributed by atoms with Crippen molar-refractivity contribution in [1.29, 1.82) is 0 Å². The zero-order valence-electron chi connectivity index (χ0n) is 18.9. The van der Waals surface area contributed by atoms with Gasteiger partial charge in [-0.1, -0.05) is 58.4 Å². The Morgan fingerprint density at radius 1 is 1.00 bits per heavy atom. The summed E-state index contributed by atoms with van der Waals surface area (Å²) in [5.74, 6) is -0.0133. The minimum Gasteiger partial charge on any atom is -0.488 e. The minimum absolute atomic E-state index is 0.185. The predicted molar refractivity (Wildman–Crippen MR) is 141 cm³/mol. The van der Waals surface area contributed by atoms with Crippen LogP contribution in [-0.2, 0) is 16.2 Å². The van der Waals surface area contributed by atoms with E-state index in [9.17, 15) is 14.4 Å². The molecule has 35 heavy (non-hydrogen) atoms. The summed E-state index contributed by atoms with van der Waals surface area (Å²) in [5, 5.41) is 1.49. The van der Waals surface area contributed by atoms with Gasteiger partial charge in [0, 0.05) is 23.1 Å². The van der Waals surface area contributed by atoms with Crippen molar-refractivity contribution in [3.63, 3.8) is 0 Å². The summed E-state index contributed by atoms with van der Waals surface area (Å²) in [6, 6.07) is 19.6. The van der Waals surface area contributed by atoms with Crippen LogP contribution in [0.25, 0.3) is 16.8 Å². The summed E-state index contributed by atoms with van der Waals surface area (Å²) < 4.78 is 7.15. The Morgan fingerprint density at radius 2 is 1.74 bits per heavy atom. The van der Waals surface area contributed by atoms with Crippen molar-refractivity contribution in [2.24, 2.45) is 0 Å². The summed E-state index contributed by atoms with van der Waals surface area (Å²) in [6.45, 7) is 1.50. The number of imide groups is 1. The van der Waals surface area contributed by atoms with Crippen molar-refractivity contribution in [1.82, 2.24) is 9.80 Å². The van der Waals surface area contributed by atoms with Gasteiger partial charge in [0.2, 0.25) is 5.91 Å². The number of thioether (sulfide) groups is 1. The van der Waals surface area contributed by atoms with E-state index in [4.69, 9.17) is 4.74 Å². The molecule has 2 fully saturated rings. The third-order valence-electron chi connectivity index (χ3n) is 6.14. The zero-order valence-corrected chi connectivity index (χ0v) is 21.3. The van der Waals surface area contributed by atoms with Crippen LogP contribution in [-0.4, -0.2) is 46.5 Å². The van der Waals surface area contributed by atoms with Gasteiger partial charge in [-0.25, -0.2) is 0 Å². The maximum atomic E-state index is 13.1. The number of carbonyl (C=O) groups is 3. The SMILES string of the molecule is O=C(CN1C(=O)S/C(=C/c2c(OCc3ccc(Br)cc3)ccc3ccccc23)C1=O)N1CCCC1. The molecule has 0 aromatic heterocycles. The molecule has 6 nitrogen and oxygen atoms in total. The number of likely N-dealkylation sites (tertiary alicyclic amines) is 1. The second-order valence-electron chi connectivity index (χ2n) is 8.47. The molecule has 0 atom stereocenters. The Morgan fingerprint density at radius 3 is 2.51 bits per heavy atom. The Labute approximate surface area is 216 Å². The van der Waals surface area contributed by atoms with E-state index in [1.807, 2.05) is 60.7 Å². The summed E-state index contributed by atoms with van der Waals surface area (Å²) in [4.78, 5) is 41.4. The lowest BCUT2D eigenvalue weighted by atomic mass is 10.0. The first-order valence-electron chi connectivity index (χ1n) is 11.4. The van der Waals surface area contributed by atoms with E-state index in [-0.39, 0.29) is 17.4 Å². The van der Waals surface area contributed by atoms with Gasteiger partial charge in [0.15, 0.2) is 0 Å². The minimum atomic E-state index is -0.445. The van der Waals surface area contributed by atoms with E-state index in [2.05, 4.69) is 15.9 Å². The largest absolute Gasteiger partial charge is 0.488 e. The van der Waals surface area contributed by atoms with Gasteiger partial charge >= 0.3 is 0 Å². The molecular weight excluding hydrogens is 528 g/mol. The van der Waals surface area contributed by atoms with E-state index < -0.39 is 11.1 Å². The Bertz CT molecular complexity index is 1330. The number of ether oxygens (including phenoxy) is 1. The normalized spacial score (nSPS) is 17.1. The molecule has 0 N–H and O–H groups in total. The smallest absolute Gasteiger partial charge is 0.294 e. The summed E-state index contributed by atoms with van der Waals surface area (Å²) in [5.41, 5.74) is 1.74. The molecule has 2 aliphatic heterocycles. The van der Waals surface area contributed by atoms with Crippen LogP contribution in [0.2, 0.25) is 0 Å². The molecule has 0 bridgehead atoms. The zero-order chi connectivity index (χ0) is 24.4. The van der Waals surface area contributed by atoms with Gasteiger partial charge in [-0.3, -0.25) is 19.3 Å². The lowest BCUT2D eigenvalue weighted by molar-refractivity contribution is -0.135. The van der Waals surface area contributed by atoms with E-state index in [1.54, 1.807) is 11.0 Å². The number of carbonyl (C=O) groups excluding carboxylic acids is 3. The van der Waals surface area contributed by atoms with Crippen molar-refractivity contribution >= 4 is 61.6 Å². The van der Waals surface area contributed by atoms with Crippen LogP contribution in [0.15, 0.2) is 70.0 Å². The number of hydrogen-bond acceptors (Lipinski definition) is 5. The molecule has 0 spiro atoms. The molecule has 3 aromatic rings. The Hall–Kier alpha value is -3.10. The average Bonchev–Trinajstić information content (AvgIpc) is 3.49. The van der Waals surface area contributed by atoms with E-state index in [0.717, 1.165) is 55.9 Å². The van der Waals surface area contributed by atoms with Crippen LogP contribution in [0.1, 0.15) is 24.0 Å². The van der Waals surface area contributed by atoms with E-state index in [0.29, 0.717) is 25.4 Å². The number of rotatable bonds is 6. The molecule has 3 amide bonds. The first kappa shape index (κ1) is 23.6. The van der Waals surface area contributed by atoms with Crippen LogP contribution in [0.3, 0.4) is 0 Å².